The molecule has 0 spiro atoms. The number of hydrogen-bond donors (Lipinski definition) is 1. The van der Waals surface area contributed by atoms with Crippen molar-refractivity contribution in [3.63, 3.8) is 0 Å². The highest BCUT2D eigenvalue weighted by molar-refractivity contribution is 5.86. The normalized spacial score (nSPS) is 34.0. The number of ether oxygens (including phenoxy) is 1. The molecule has 3 nitrogen and oxygen atoms in total. The number of rotatable bonds is 2. The molecule has 0 unspecified atom stereocenters. The Labute approximate surface area is 85.2 Å². The van der Waals surface area contributed by atoms with Crippen molar-refractivity contribution in [1.82, 2.24) is 5.32 Å². The topological polar surface area (TPSA) is 38.3 Å². The fourth-order valence-electron chi connectivity index (χ4n) is 2.34. The Morgan fingerprint density at radius 2 is 2.14 bits per heavy atom. The summed E-state index contributed by atoms with van der Waals surface area (Å²) < 4.78 is 5.35. The van der Waals surface area contributed by atoms with Crippen LogP contribution in [-0.4, -0.2) is 31.6 Å². The first-order valence-corrected chi connectivity index (χ1v) is 5.73. The van der Waals surface area contributed by atoms with Gasteiger partial charge in [-0.2, -0.15) is 0 Å². The van der Waals surface area contributed by atoms with Crippen LogP contribution in [0, 0.1) is 5.92 Å². The Balaban J connectivity index is 1.85. The summed E-state index contributed by atoms with van der Waals surface area (Å²) in [4.78, 5) is 12.0. The van der Waals surface area contributed by atoms with Gasteiger partial charge in [-0.25, -0.2) is 0 Å². The van der Waals surface area contributed by atoms with Gasteiger partial charge in [-0.1, -0.05) is 6.42 Å². The molecular weight excluding hydrogens is 178 g/mol. The highest BCUT2D eigenvalue weighted by Crippen LogP contribution is 2.19. The van der Waals surface area contributed by atoms with Crippen LogP contribution in [0.4, 0.5) is 0 Å². The maximum Gasteiger partial charge on any atom is 0.155 e. The summed E-state index contributed by atoms with van der Waals surface area (Å²) in [5.74, 6) is 0.559. The van der Waals surface area contributed by atoms with E-state index in [1.807, 2.05) is 0 Å². The summed E-state index contributed by atoms with van der Waals surface area (Å²) >= 11 is 0. The molecule has 2 rings (SSSR count). The van der Waals surface area contributed by atoms with Gasteiger partial charge in [0.1, 0.15) is 0 Å². The van der Waals surface area contributed by atoms with E-state index in [1.165, 1.54) is 12.8 Å². The van der Waals surface area contributed by atoms with Crippen molar-refractivity contribution in [2.24, 2.45) is 5.92 Å². The first kappa shape index (κ1) is 10.1. The number of piperidine rings is 1. The maximum atomic E-state index is 12.0. The minimum absolute atomic E-state index is 0.121. The number of nitrogens with one attached hydrogen (secondary N) is 1. The van der Waals surface area contributed by atoms with Gasteiger partial charge in [-0.15, -0.1) is 0 Å². The summed E-state index contributed by atoms with van der Waals surface area (Å²) in [5, 5.41) is 3.31. The summed E-state index contributed by atoms with van der Waals surface area (Å²) in [7, 11) is 0. The Bertz CT molecular complexity index is 173. The minimum atomic E-state index is 0.121. The second-order valence-electron chi connectivity index (χ2n) is 4.32. The van der Waals surface area contributed by atoms with Crippen LogP contribution in [-0.2, 0) is 9.53 Å². The van der Waals surface area contributed by atoms with Gasteiger partial charge in [-0.05, 0) is 32.2 Å². The molecule has 0 aliphatic carbocycles. The number of Topliss-reactive ketones (excluding diaryl/α,β-unsaturated/α-hetero) is 1. The third-order valence-corrected chi connectivity index (χ3v) is 3.22. The number of carbonyl (C=O) groups excluding carboxylic acids is 1. The molecule has 0 radical (unpaired) electrons. The fourth-order valence-corrected chi connectivity index (χ4v) is 2.34. The Kier molecular flexibility index (Phi) is 3.54. The van der Waals surface area contributed by atoms with Crippen molar-refractivity contribution in [2.45, 2.75) is 38.1 Å². The minimum Gasteiger partial charge on any atom is -0.381 e. The van der Waals surface area contributed by atoms with Gasteiger partial charge in [0.05, 0.1) is 12.6 Å². The van der Waals surface area contributed by atoms with Crippen LogP contribution in [0.1, 0.15) is 32.1 Å². The zero-order valence-corrected chi connectivity index (χ0v) is 8.63. The Morgan fingerprint density at radius 3 is 2.79 bits per heavy atom. The standard InChI is InChI=1S/C11H19NO2/c13-11(9-4-3-7-14-8-9)10-5-1-2-6-12-10/h9-10,12H,1-8H2/t9-,10+/m1/s1. The average molecular weight is 197 g/mol. The molecule has 0 bridgehead atoms. The largest absolute Gasteiger partial charge is 0.381 e. The van der Waals surface area contributed by atoms with Gasteiger partial charge in [0.25, 0.3) is 0 Å². The molecule has 1 N–H and O–H groups in total. The second kappa shape index (κ2) is 4.89. The molecular formula is C11H19NO2. The third kappa shape index (κ3) is 2.34. The third-order valence-electron chi connectivity index (χ3n) is 3.22. The molecule has 2 heterocycles. The van der Waals surface area contributed by atoms with Crippen LogP contribution in [0.5, 0.6) is 0 Å². The van der Waals surface area contributed by atoms with E-state index in [9.17, 15) is 4.79 Å². The van der Waals surface area contributed by atoms with Gasteiger partial charge in [0, 0.05) is 12.5 Å². The number of carbonyl (C=O) groups is 1. The van der Waals surface area contributed by atoms with Crippen molar-refractivity contribution in [3.8, 4) is 0 Å². The molecule has 0 aromatic carbocycles. The van der Waals surface area contributed by atoms with Crippen LogP contribution >= 0.6 is 0 Å². The van der Waals surface area contributed by atoms with E-state index >= 15 is 0 Å². The summed E-state index contributed by atoms with van der Waals surface area (Å²) in [6.07, 6.45) is 5.50. The maximum absolute atomic E-state index is 12.0. The van der Waals surface area contributed by atoms with Crippen LogP contribution in [0.2, 0.25) is 0 Å². The van der Waals surface area contributed by atoms with Crippen molar-refractivity contribution < 1.29 is 9.53 Å². The van der Waals surface area contributed by atoms with E-state index in [2.05, 4.69) is 5.32 Å². The molecule has 80 valence electrons. The highest BCUT2D eigenvalue weighted by atomic mass is 16.5. The fraction of sp³-hybridized carbons (Fsp3) is 0.909. The van der Waals surface area contributed by atoms with E-state index in [0.29, 0.717) is 12.4 Å². The molecule has 0 saturated carbocycles. The monoisotopic (exact) mass is 197 g/mol. The van der Waals surface area contributed by atoms with Crippen LogP contribution < -0.4 is 5.32 Å². The zero-order chi connectivity index (χ0) is 9.80. The van der Waals surface area contributed by atoms with Crippen molar-refractivity contribution in [2.75, 3.05) is 19.8 Å². The molecule has 14 heavy (non-hydrogen) atoms. The van der Waals surface area contributed by atoms with Gasteiger partial charge in [-0.3, -0.25) is 4.79 Å². The number of hydrogen-bond acceptors (Lipinski definition) is 3. The SMILES string of the molecule is O=C([C@@H]1CCCOC1)[C@@H]1CCCCN1. The van der Waals surface area contributed by atoms with Crippen LogP contribution in [0.15, 0.2) is 0 Å². The van der Waals surface area contributed by atoms with Crippen LogP contribution in [0.25, 0.3) is 0 Å². The first-order valence-electron chi connectivity index (χ1n) is 5.73. The zero-order valence-electron chi connectivity index (χ0n) is 8.63. The van der Waals surface area contributed by atoms with Gasteiger partial charge >= 0.3 is 0 Å². The lowest BCUT2D eigenvalue weighted by Crippen LogP contribution is -2.45. The Morgan fingerprint density at radius 1 is 1.21 bits per heavy atom. The first-order chi connectivity index (χ1) is 6.88. The molecule has 2 atom stereocenters. The Hall–Kier alpha value is -0.410. The predicted octanol–water partition coefficient (Wildman–Crippen LogP) is 1.12. The smallest absolute Gasteiger partial charge is 0.155 e. The van der Waals surface area contributed by atoms with E-state index in [1.54, 1.807) is 0 Å². The lowest BCUT2D eigenvalue weighted by molar-refractivity contribution is -0.129. The molecule has 0 amide bonds. The molecule has 2 fully saturated rings. The van der Waals surface area contributed by atoms with Crippen LogP contribution in [0.3, 0.4) is 0 Å². The molecule has 0 aromatic heterocycles. The average Bonchev–Trinajstić information content (AvgIpc) is 2.30. The quantitative estimate of drug-likeness (QED) is 0.721. The van der Waals surface area contributed by atoms with Gasteiger partial charge in [0.15, 0.2) is 5.78 Å². The van der Waals surface area contributed by atoms with E-state index in [-0.39, 0.29) is 12.0 Å². The van der Waals surface area contributed by atoms with Gasteiger partial charge in [0.2, 0.25) is 0 Å². The van der Waals surface area contributed by atoms with E-state index in [4.69, 9.17) is 4.74 Å². The lowest BCUT2D eigenvalue weighted by atomic mass is 9.89. The molecule has 3 heteroatoms. The predicted molar refractivity (Wildman–Crippen MR) is 54.2 cm³/mol. The summed E-state index contributed by atoms with van der Waals surface area (Å²) in [6.45, 7) is 2.49. The van der Waals surface area contributed by atoms with Crippen molar-refractivity contribution in [1.29, 1.82) is 0 Å². The molecule has 2 aliphatic heterocycles. The van der Waals surface area contributed by atoms with E-state index in [0.717, 1.165) is 32.4 Å². The van der Waals surface area contributed by atoms with E-state index < -0.39 is 0 Å². The highest BCUT2D eigenvalue weighted by Gasteiger charge is 2.29. The molecule has 0 aromatic rings. The van der Waals surface area contributed by atoms with Crippen molar-refractivity contribution >= 4 is 5.78 Å². The second-order valence-corrected chi connectivity index (χ2v) is 4.32. The molecule has 2 saturated heterocycles. The molecule has 2 aliphatic rings. The number of ketones is 1. The van der Waals surface area contributed by atoms with Gasteiger partial charge < -0.3 is 10.1 Å². The lowest BCUT2D eigenvalue weighted by Gasteiger charge is -2.28. The summed E-state index contributed by atoms with van der Waals surface area (Å²) in [6, 6.07) is 0.121. The summed E-state index contributed by atoms with van der Waals surface area (Å²) in [5.41, 5.74) is 0. The van der Waals surface area contributed by atoms with Crippen molar-refractivity contribution in [3.05, 3.63) is 0 Å².